The van der Waals surface area contributed by atoms with Gasteiger partial charge in [-0.3, -0.25) is 0 Å². The average molecular weight is 743 g/mol. The lowest BCUT2D eigenvalue weighted by Crippen LogP contribution is -2.52. The first kappa shape index (κ1) is 37.5. The molecule has 4 saturated carbocycles. The van der Waals surface area contributed by atoms with E-state index in [4.69, 9.17) is 0 Å². The Morgan fingerprint density at radius 1 is 0.942 bits per heavy atom. The van der Waals surface area contributed by atoms with Gasteiger partial charge in [0, 0.05) is 30.7 Å². The van der Waals surface area contributed by atoms with Crippen molar-refractivity contribution in [3.63, 3.8) is 0 Å². The highest BCUT2D eigenvalue weighted by Crippen LogP contribution is 2.72. The molecule has 11 atom stereocenters. The standard InChI is InChI=1S/C46H66N2O2S2/c1-31-7-6-11-46(20-31)30-44(22-40(25-47-3)45(29-44)12-10-33(21-45)26-49)23-42-39-15-35-13-34(17-41(50)18-35)14-37-8-4-5-9-38(37)24-48-32(2)27-51-52-28-36(16-39)19-43(42)46/h4-6,8-9,11,13,17-18,31-33,36,39-40,42-43,47-50H,7,10,12,14-16,19-30H2,1-3H3. The normalized spacial score (nSPS) is 40.8. The van der Waals surface area contributed by atoms with Gasteiger partial charge < -0.3 is 20.8 Å². The molecule has 0 saturated heterocycles. The van der Waals surface area contributed by atoms with Crippen LogP contribution in [0, 0.1) is 57.7 Å². The second-order valence-corrected chi connectivity index (χ2v) is 21.8. The van der Waals surface area contributed by atoms with E-state index in [0.29, 0.717) is 52.4 Å². The number of nitrogens with one attached hydrogen (secondary N) is 2. The highest BCUT2D eigenvalue weighted by molar-refractivity contribution is 8.76. The van der Waals surface area contributed by atoms with Crippen molar-refractivity contribution < 1.29 is 10.2 Å². The van der Waals surface area contributed by atoms with Gasteiger partial charge in [-0.15, -0.1) is 0 Å². The lowest BCUT2D eigenvalue weighted by Gasteiger charge is -2.61. The minimum absolute atomic E-state index is 0.297. The summed E-state index contributed by atoms with van der Waals surface area (Å²) in [5, 5.41) is 29.0. The third-order valence-electron chi connectivity index (χ3n) is 15.3. The summed E-state index contributed by atoms with van der Waals surface area (Å²) in [5.41, 5.74) is 6.38. The van der Waals surface area contributed by atoms with Crippen LogP contribution in [0.3, 0.4) is 0 Å². The Labute approximate surface area is 323 Å². The van der Waals surface area contributed by atoms with Crippen LogP contribution in [-0.4, -0.2) is 48.0 Å². The number of rotatable bonds is 3. The van der Waals surface area contributed by atoms with E-state index in [0.717, 1.165) is 55.4 Å². The molecule has 4 fully saturated rings. The Kier molecular flexibility index (Phi) is 11.2. The van der Waals surface area contributed by atoms with Crippen LogP contribution >= 0.6 is 21.6 Å². The Hall–Kier alpha value is -1.44. The van der Waals surface area contributed by atoms with Crippen LogP contribution in [0.4, 0.5) is 0 Å². The zero-order chi connectivity index (χ0) is 35.9. The molecule has 11 unspecified atom stereocenters. The van der Waals surface area contributed by atoms with Crippen molar-refractivity contribution in [2.75, 3.05) is 31.7 Å². The largest absolute Gasteiger partial charge is 0.508 e. The Balaban J connectivity index is 1.17. The number of hydrogen-bond acceptors (Lipinski definition) is 6. The van der Waals surface area contributed by atoms with Gasteiger partial charge >= 0.3 is 0 Å². The van der Waals surface area contributed by atoms with Gasteiger partial charge in [-0.1, -0.05) is 71.0 Å². The van der Waals surface area contributed by atoms with Gasteiger partial charge in [0.1, 0.15) is 5.75 Å². The smallest absolute Gasteiger partial charge is 0.116 e. The maximum atomic E-state index is 11.2. The molecule has 0 amide bonds. The number of hydrogen-bond donors (Lipinski definition) is 4. The maximum Gasteiger partial charge on any atom is 0.116 e. The number of aliphatic hydroxyl groups excluding tert-OH is 1. The van der Waals surface area contributed by atoms with E-state index >= 15 is 0 Å². The maximum absolute atomic E-state index is 11.2. The molecule has 2 aromatic rings. The Bertz CT molecular complexity index is 1580. The number of phenolic OH excluding ortho intramolecular Hbond substituents is 1. The van der Waals surface area contributed by atoms with Gasteiger partial charge in [0.15, 0.2) is 0 Å². The predicted octanol–water partition coefficient (Wildman–Crippen LogP) is 9.82. The minimum atomic E-state index is 0.297. The van der Waals surface area contributed by atoms with Crippen LogP contribution in [0.25, 0.3) is 0 Å². The molecule has 52 heavy (non-hydrogen) atoms. The lowest BCUT2D eigenvalue weighted by atomic mass is 9.44. The van der Waals surface area contributed by atoms with Gasteiger partial charge in [0.25, 0.3) is 0 Å². The number of benzene rings is 2. The number of allylic oxidation sites excluding steroid dienone is 2. The number of aromatic hydroxyl groups is 1. The van der Waals surface area contributed by atoms with Crippen molar-refractivity contribution in [3.05, 3.63) is 76.9 Å². The number of fused-ring (bicyclic) bond motifs is 8. The lowest BCUT2D eigenvalue weighted by molar-refractivity contribution is -0.0845. The molecule has 284 valence electrons. The molecule has 6 heteroatoms. The molecular formula is C46H66N2O2S2. The van der Waals surface area contributed by atoms with Crippen molar-refractivity contribution in [2.24, 2.45) is 57.7 Å². The monoisotopic (exact) mass is 742 g/mol. The van der Waals surface area contributed by atoms with E-state index in [1.54, 1.807) is 0 Å². The first-order valence-corrected chi connectivity index (χ1v) is 23.5. The van der Waals surface area contributed by atoms with Crippen molar-refractivity contribution >= 4 is 21.6 Å². The quantitative estimate of drug-likeness (QED) is 0.186. The fourth-order valence-corrected chi connectivity index (χ4v) is 16.3. The first-order chi connectivity index (χ1) is 25.2. The van der Waals surface area contributed by atoms with Gasteiger partial charge in [-0.25, -0.2) is 0 Å². The number of phenols is 1. The highest BCUT2D eigenvalue weighted by Gasteiger charge is 2.63. The molecule has 0 aromatic heterocycles. The summed E-state index contributed by atoms with van der Waals surface area (Å²) in [5.74, 6) is 7.60. The molecule has 3 spiro atoms. The van der Waals surface area contributed by atoms with Crippen LogP contribution in [0.2, 0.25) is 0 Å². The van der Waals surface area contributed by atoms with E-state index in [-0.39, 0.29) is 0 Å². The zero-order valence-electron chi connectivity index (χ0n) is 32.3. The topological polar surface area (TPSA) is 64.5 Å². The fraction of sp³-hybridized carbons (Fsp3) is 0.696. The molecule has 4 nitrogen and oxygen atoms in total. The molecule has 4 N–H and O–H groups in total. The van der Waals surface area contributed by atoms with E-state index in [2.05, 4.69) is 102 Å². The van der Waals surface area contributed by atoms with E-state index in [1.807, 2.05) is 6.07 Å². The first-order valence-electron chi connectivity index (χ1n) is 21.0. The van der Waals surface area contributed by atoms with Gasteiger partial charge in [0.05, 0.1) is 0 Å². The SMILES string of the molecule is CNCC1CC2(CC3C4Cc5cc(O)cc(c5)Cc5ccccc5CNC(C)CSSCC(C4)CC3C3(C=CCC(C)C3)C2)CC12CCC(CO)C2. The van der Waals surface area contributed by atoms with Crippen molar-refractivity contribution in [3.8, 4) is 5.75 Å². The third-order valence-corrected chi connectivity index (χ3v) is 18.0. The molecule has 4 bridgehead atoms. The van der Waals surface area contributed by atoms with Crippen LogP contribution in [-0.2, 0) is 19.4 Å². The summed E-state index contributed by atoms with van der Waals surface area (Å²) in [6.07, 6.45) is 21.9. The van der Waals surface area contributed by atoms with Crippen LogP contribution < -0.4 is 10.6 Å². The molecule has 0 radical (unpaired) electrons. The molecule has 1 heterocycles. The van der Waals surface area contributed by atoms with Gasteiger partial charge in [0.2, 0.25) is 0 Å². The Morgan fingerprint density at radius 3 is 2.58 bits per heavy atom. The second kappa shape index (κ2) is 15.6. The molecule has 5 aliphatic carbocycles. The van der Waals surface area contributed by atoms with Crippen LogP contribution in [0.5, 0.6) is 5.75 Å². The van der Waals surface area contributed by atoms with Gasteiger partial charge in [-0.05, 0) is 196 Å². The second-order valence-electron chi connectivity index (χ2n) is 19.2. The Morgan fingerprint density at radius 2 is 1.77 bits per heavy atom. The number of aliphatic hydroxyl groups is 1. The summed E-state index contributed by atoms with van der Waals surface area (Å²) < 4.78 is 0. The van der Waals surface area contributed by atoms with E-state index in [1.165, 1.54) is 98.6 Å². The molecule has 8 rings (SSSR count). The molecule has 2 aromatic carbocycles. The van der Waals surface area contributed by atoms with Gasteiger partial charge in [-0.2, -0.15) is 0 Å². The highest BCUT2D eigenvalue weighted by atomic mass is 33.1. The summed E-state index contributed by atoms with van der Waals surface area (Å²) in [4.78, 5) is 0. The summed E-state index contributed by atoms with van der Waals surface area (Å²) in [6.45, 7) is 7.24. The fourth-order valence-electron chi connectivity index (χ4n) is 13.6. The zero-order valence-corrected chi connectivity index (χ0v) is 33.9. The van der Waals surface area contributed by atoms with Crippen molar-refractivity contribution in [1.29, 1.82) is 0 Å². The van der Waals surface area contributed by atoms with Crippen molar-refractivity contribution in [2.45, 2.75) is 110 Å². The third kappa shape index (κ3) is 7.68. The van der Waals surface area contributed by atoms with E-state index in [9.17, 15) is 10.2 Å². The summed E-state index contributed by atoms with van der Waals surface area (Å²) in [7, 11) is 6.39. The average Bonchev–Trinajstić information content (AvgIpc) is 3.65. The van der Waals surface area contributed by atoms with Crippen LogP contribution in [0.1, 0.15) is 107 Å². The van der Waals surface area contributed by atoms with Crippen molar-refractivity contribution in [1.82, 2.24) is 10.6 Å². The summed E-state index contributed by atoms with van der Waals surface area (Å²) >= 11 is 0. The van der Waals surface area contributed by atoms with E-state index < -0.39 is 0 Å². The molecule has 6 aliphatic rings. The predicted molar refractivity (Wildman–Crippen MR) is 221 cm³/mol. The van der Waals surface area contributed by atoms with Crippen LogP contribution in [0.15, 0.2) is 54.6 Å². The minimum Gasteiger partial charge on any atom is -0.508 e. The molecular weight excluding hydrogens is 677 g/mol. The summed E-state index contributed by atoms with van der Waals surface area (Å²) in [6, 6.07) is 15.9. The molecule has 1 aliphatic heterocycles.